The molecule has 2 aliphatic heterocycles. The molecular formula is C20H29N3O2S. The minimum absolute atomic E-state index is 0.0338. The van der Waals surface area contributed by atoms with Gasteiger partial charge in [-0.3, -0.25) is 9.59 Å². The fraction of sp³-hybridized carbons (Fsp3) is 0.600. The molecule has 2 saturated heterocycles. The number of fused-ring (bicyclic) bond motifs is 1. The summed E-state index contributed by atoms with van der Waals surface area (Å²) in [6.45, 7) is 4.76. The SMILES string of the molecule is CCc1ccc(C(CNC(=O)C2CSC3(C)CCC(=O)N23)N(C)C)cc1. The summed E-state index contributed by atoms with van der Waals surface area (Å²) in [5.74, 6) is 0.761. The molecule has 1 aromatic rings. The van der Waals surface area contributed by atoms with Gasteiger partial charge in [-0.1, -0.05) is 31.2 Å². The molecule has 3 unspecified atom stereocenters. The van der Waals surface area contributed by atoms with E-state index < -0.39 is 0 Å². The van der Waals surface area contributed by atoms with Gasteiger partial charge in [0.2, 0.25) is 11.8 Å². The monoisotopic (exact) mass is 375 g/mol. The summed E-state index contributed by atoms with van der Waals surface area (Å²) in [5, 5.41) is 3.10. The zero-order chi connectivity index (χ0) is 18.9. The van der Waals surface area contributed by atoms with Crippen LogP contribution in [-0.4, -0.2) is 58.9 Å². The Balaban J connectivity index is 1.65. The number of nitrogens with zero attached hydrogens (tertiary/aromatic N) is 2. The molecule has 5 nitrogen and oxygen atoms in total. The molecule has 3 atom stereocenters. The van der Waals surface area contributed by atoms with Crippen molar-refractivity contribution in [3.8, 4) is 0 Å². The molecule has 2 fully saturated rings. The van der Waals surface area contributed by atoms with Crippen LogP contribution in [0.1, 0.15) is 43.9 Å². The fourth-order valence-electron chi connectivity index (χ4n) is 3.90. The third-order valence-electron chi connectivity index (χ3n) is 5.61. The number of benzene rings is 1. The van der Waals surface area contributed by atoms with Gasteiger partial charge in [-0.05, 0) is 45.0 Å². The molecule has 2 aliphatic rings. The molecule has 3 rings (SSSR count). The predicted octanol–water partition coefficient (Wildman–Crippen LogP) is 2.42. The Morgan fingerprint density at radius 1 is 1.38 bits per heavy atom. The van der Waals surface area contributed by atoms with E-state index in [9.17, 15) is 9.59 Å². The number of nitrogens with one attached hydrogen (secondary N) is 1. The minimum atomic E-state index is -0.342. The maximum absolute atomic E-state index is 12.8. The minimum Gasteiger partial charge on any atom is -0.352 e. The van der Waals surface area contributed by atoms with Crippen LogP contribution in [0.3, 0.4) is 0 Å². The normalized spacial score (nSPS) is 26.3. The van der Waals surface area contributed by atoms with Crippen LogP contribution in [0.15, 0.2) is 24.3 Å². The van der Waals surface area contributed by atoms with E-state index in [1.807, 2.05) is 19.0 Å². The highest BCUT2D eigenvalue weighted by Crippen LogP contribution is 2.47. The Morgan fingerprint density at radius 2 is 2.08 bits per heavy atom. The van der Waals surface area contributed by atoms with Crippen LogP contribution in [0.4, 0.5) is 0 Å². The molecule has 142 valence electrons. The summed E-state index contributed by atoms with van der Waals surface area (Å²) >= 11 is 1.73. The Bertz CT molecular complexity index is 676. The molecular weight excluding hydrogens is 346 g/mol. The Kier molecular flexibility index (Phi) is 5.63. The predicted molar refractivity (Wildman–Crippen MR) is 106 cm³/mol. The fourth-order valence-corrected chi connectivity index (χ4v) is 5.34. The molecule has 2 heterocycles. The molecule has 1 aromatic carbocycles. The quantitative estimate of drug-likeness (QED) is 0.830. The smallest absolute Gasteiger partial charge is 0.243 e. The number of carbonyl (C=O) groups excluding carboxylic acids is 2. The highest BCUT2D eigenvalue weighted by atomic mass is 32.2. The van der Waals surface area contributed by atoms with Gasteiger partial charge in [-0.25, -0.2) is 0 Å². The summed E-state index contributed by atoms with van der Waals surface area (Å²) in [5.41, 5.74) is 2.50. The molecule has 0 spiro atoms. The molecule has 26 heavy (non-hydrogen) atoms. The summed E-state index contributed by atoms with van der Waals surface area (Å²) in [6, 6.07) is 8.35. The number of amides is 2. The van der Waals surface area contributed by atoms with Gasteiger partial charge < -0.3 is 15.1 Å². The van der Waals surface area contributed by atoms with Crippen LogP contribution in [0.25, 0.3) is 0 Å². The van der Waals surface area contributed by atoms with Crippen molar-refractivity contribution in [2.45, 2.75) is 50.1 Å². The van der Waals surface area contributed by atoms with Crippen LogP contribution in [0.5, 0.6) is 0 Å². The van der Waals surface area contributed by atoms with Crippen molar-refractivity contribution in [3.63, 3.8) is 0 Å². The highest BCUT2D eigenvalue weighted by molar-refractivity contribution is 8.01. The molecule has 0 radical (unpaired) electrons. The van der Waals surface area contributed by atoms with Crippen molar-refractivity contribution in [2.24, 2.45) is 0 Å². The Labute approximate surface area is 160 Å². The van der Waals surface area contributed by atoms with Crippen molar-refractivity contribution in [3.05, 3.63) is 35.4 Å². The van der Waals surface area contributed by atoms with E-state index >= 15 is 0 Å². The van der Waals surface area contributed by atoms with Gasteiger partial charge >= 0.3 is 0 Å². The van der Waals surface area contributed by atoms with Crippen molar-refractivity contribution in [1.29, 1.82) is 0 Å². The van der Waals surface area contributed by atoms with Crippen molar-refractivity contribution in [2.75, 3.05) is 26.4 Å². The average Bonchev–Trinajstić information content (AvgIpc) is 3.11. The summed E-state index contributed by atoms with van der Waals surface area (Å²) in [7, 11) is 4.05. The Hall–Kier alpha value is -1.53. The van der Waals surface area contributed by atoms with E-state index in [0.717, 1.165) is 12.8 Å². The first-order valence-corrected chi connectivity index (χ1v) is 10.3. The second kappa shape index (κ2) is 7.61. The number of rotatable bonds is 6. The zero-order valence-electron chi connectivity index (χ0n) is 16.1. The van der Waals surface area contributed by atoms with Gasteiger partial charge in [0, 0.05) is 18.7 Å². The van der Waals surface area contributed by atoms with Gasteiger partial charge in [0.05, 0.1) is 10.9 Å². The summed E-state index contributed by atoms with van der Waals surface area (Å²) in [4.78, 5) is 28.8. The van der Waals surface area contributed by atoms with E-state index in [1.165, 1.54) is 11.1 Å². The third-order valence-corrected chi connectivity index (χ3v) is 7.12. The Morgan fingerprint density at radius 3 is 2.69 bits per heavy atom. The van der Waals surface area contributed by atoms with Crippen LogP contribution in [0, 0.1) is 0 Å². The average molecular weight is 376 g/mol. The van der Waals surface area contributed by atoms with Crippen LogP contribution >= 0.6 is 11.8 Å². The van der Waals surface area contributed by atoms with Crippen molar-refractivity contribution in [1.82, 2.24) is 15.1 Å². The molecule has 2 amide bonds. The number of likely N-dealkylation sites (N-methyl/N-ethyl adjacent to an activating group) is 1. The lowest BCUT2D eigenvalue weighted by Crippen LogP contribution is -2.51. The van der Waals surface area contributed by atoms with E-state index in [4.69, 9.17) is 0 Å². The second-order valence-electron chi connectivity index (χ2n) is 7.59. The highest BCUT2D eigenvalue weighted by Gasteiger charge is 2.52. The lowest BCUT2D eigenvalue weighted by atomic mass is 10.0. The standard InChI is InChI=1S/C20H29N3O2S/c1-5-14-6-8-15(9-7-14)16(22(3)4)12-21-19(25)17-13-26-20(2)11-10-18(24)23(17)20/h6-9,16-17H,5,10-13H2,1-4H3,(H,21,25). The summed E-state index contributed by atoms with van der Waals surface area (Å²) in [6.07, 6.45) is 2.41. The second-order valence-corrected chi connectivity index (χ2v) is 9.09. The lowest BCUT2D eigenvalue weighted by molar-refractivity contribution is -0.138. The van der Waals surface area contributed by atoms with Crippen molar-refractivity contribution >= 4 is 23.6 Å². The largest absolute Gasteiger partial charge is 0.352 e. The van der Waals surface area contributed by atoms with Gasteiger partial charge in [0.15, 0.2) is 0 Å². The maximum Gasteiger partial charge on any atom is 0.243 e. The van der Waals surface area contributed by atoms with E-state index in [2.05, 4.69) is 48.3 Å². The zero-order valence-corrected chi connectivity index (χ0v) is 16.9. The van der Waals surface area contributed by atoms with Gasteiger partial charge in [-0.15, -0.1) is 11.8 Å². The number of aryl methyl sites for hydroxylation is 1. The van der Waals surface area contributed by atoms with Crippen LogP contribution in [-0.2, 0) is 16.0 Å². The lowest BCUT2D eigenvalue weighted by Gasteiger charge is -2.31. The topological polar surface area (TPSA) is 52.7 Å². The molecule has 0 bridgehead atoms. The third kappa shape index (κ3) is 3.62. The summed E-state index contributed by atoms with van der Waals surface area (Å²) < 4.78 is 0. The molecule has 0 aromatic heterocycles. The first kappa shape index (κ1) is 19.2. The molecule has 0 saturated carbocycles. The van der Waals surface area contributed by atoms with Crippen LogP contribution in [0.2, 0.25) is 0 Å². The van der Waals surface area contributed by atoms with Crippen LogP contribution < -0.4 is 5.32 Å². The number of thioether (sulfide) groups is 1. The molecule has 0 aliphatic carbocycles. The van der Waals surface area contributed by atoms with Gasteiger partial charge in [-0.2, -0.15) is 0 Å². The van der Waals surface area contributed by atoms with E-state index in [1.54, 1.807) is 11.8 Å². The van der Waals surface area contributed by atoms with Gasteiger partial charge in [0.25, 0.3) is 0 Å². The van der Waals surface area contributed by atoms with Crippen molar-refractivity contribution < 1.29 is 9.59 Å². The first-order chi connectivity index (χ1) is 12.4. The number of hydrogen-bond donors (Lipinski definition) is 1. The first-order valence-electron chi connectivity index (χ1n) is 9.35. The molecule has 6 heteroatoms. The maximum atomic E-state index is 12.8. The number of carbonyl (C=O) groups is 2. The van der Waals surface area contributed by atoms with Gasteiger partial charge in [0.1, 0.15) is 6.04 Å². The number of hydrogen-bond acceptors (Lipinski definition) is 4. The molecule has 1 N–H and O–H groups in total. The van der Waals surface area contributed by atoms with E-state index in [-0.39, 0.29) is 28.8 Å². The van der Waals surface area contributed by atoms with E-state index in [0.29, 0.717) is 18.7 Å².